The van der Waals surface area contributed by atoms with Crippen molar-refractivity contribution in [2.45, 2.75) is 13.0 Å². The minimum atomic E-state index is -0.464. The molecule has 5 heteroatoms. The largest absolute Gasteiger partial charge is 0.484 e. The fourth-order valence-electron chi connectivity index (χ4n) is 2.35. The number of rotatable bonds is 6. The number of benzene rings is 1. The summed E-state index contributed by atoms with van der Waals surface area (Å²) in [5.74, 6) is 0.843. The Kier molecular flexibility index (Phi) is 4.76. The van der Waals surface area contributed by atoms with Gasteiger partial charge in [-0.05, 0) is 43.1 Å². The van der Waals surface area contributed by atoms with Crippen LogP contribution in [0.25, 0.3) is 0 Å². The third-order valence-electron chi connectivity index (χ3n) is 3.41. The third-order valence-corrected chi connectivity index (χ3v) is 3.41. The average molecular weight is 263 g/mol. The Hall–Kier alpha value is -1.59. The maximum atomic E-state index is 10.6. The van der Waals surface area contributed by atoms with E-state index in [0.29, 0.717) is 11.7 Å². The van der Waals surface area contributed by atoms with E-state index in [1.165, 1.54) is 12.0 Å². The number of carbonyl (C=O) groups is 1. The standard InChI is InChI=1S/C14H21N3O2/c15-7-12-5-6-17(9-12)8-11-1-3-13(4-2-11)19-10-14(16)18/h1-4,12H,5-10,15H2,(H2,16,18). The zero-order chi connectivity index (χ0) is 13.7. The molecule has 1 saturated heterocycles. The van der Waals surface area contributed by atoms with Gasteiger partial charge in [0.2, 0.25) is 0 Å². The summed E-state index contributed by atoms with van der Waals surface area (Å²) in [6.07, 6.45) is 1.19. The van der Waals surface area contributed by atoms with Gasteiger partial charge in [-0.25, -0.2) is 0 Å². The quantitative estimate of drug-likeness (QED) is 0.775. The Morgan fingerprint density at radius 2 is 2.11 bits per heavy atom. The SMILES string of the molecule is NCC1CCN(Cc2ccc(OCC(N)=O)cc2)C1. The van der Waals surface area contributed by atoms with Gasteiger partial charge in [-0.3, -0.25) is 9.69 Å². The van der Waals surface area contributed by atoms with Gasteiger partial charge in [-0.2, -0.15) is 0 Å². The minimum absolute atomic E-state index is 0.0797. The molecular weight excluding hydrogens is 242 g/mol. The number of nitrogens with two attached hydrogens (primary N) is 2. The van der Waals surface area contributed by atoms with Crippen LogP contribution in [-0.4, -0.2) is 37.0 Å². The summed E-state index contributed by atoms with van der Waals surface area (Å²) in [6, 6.07) is 7.78. The molecular formula is C14H21N3O2. The van der Waals surface area contributed by atoms with E-state index < -0.39 is 5.91 Å². The van der Waals surface area contributed by atoms with Gasteiger partial charge in [0, 0.05) is 13.1 Å². The van der Waals surface area contributed by atoms with Crippen molar-refractivity contribution in [3.05, 3.63) is 29.8 Å². The second-order valence-electron chi connectivity index (χ2n) is 5.02. The molecule has 0 saturated carbocycles. The summed E-state index contributed by atoms with van der Waals surface area (Å²) in [5.41, 5.74) is 12.0. The molecule has 1 fully saturated rings. The van der Waals surface area contributed by atoms with E-state index in [0.717, 1.165) is 26.2 Å². The number of amides is 1. The van der Waals surface area contributed by atoms with Crippen LogP contribution >= 0.6 is 0 Å². The van der Waals surface area contributed by atoms with Crippen LogP contribution < -0.4 is 16.2 Å². The van der Waals surface area contributed by atoms with Crippen LogP contribution in [0.2, 0.25) is 0 Å². The van der Waals surface area contributed by atoms with Crippen LogP contribution in [0, 0.1) is 5.92 Å². The lowest BCUT2D eigenvalue weighted by Gasteiger charge is -2.16. The number of likely N-dealkylation sites (tertiary alicyclic amines) is 1. The van der Waals surface area contributed by atoms with E-state index >= 15 is 0 Å². The van der Waals surface area contributed by atoms with Crippen molar-refractivity contribution in [2.75, 3.05) is 26.2 Å². The van der Waals surface area contributed by atoms with Crippen molar-refractivity contribution in [1.82, 2.24) is 4.90 Å². The first-order chi connectivity index (χ1) is 9.17. The van der Waals surface area contributed by atoms with Gasteiger partial charge in [0.25, 0.3) is 5.91 Å². The summed E-state index contributed by atoms with van der Waals surface area (Å²) in [4.78, 5) is 13.0. The molecule has 1 aliphatic heterocycles. The molecule has 1 atom stereocenters. The number of carbonyl (C=O) groups excluding carboxylic acids is 1. The zero-order valence-corrected chi connectivity index (χ0v) is 11.0. The predicted molar refractivity (Wildman–Crippen MR) is 73.6 cm³/mol. The number of hydrogen-bond donors (Lipinski definition) is 2. The molecule has 0 aromatic heterocycles. The molecule has 1 aromatic carbocycles. The molecule has 1 unspecified atom stereocenters. The van der Waals surface area contributed by atoms with E-state index in [2.05, 4.69) is 4.90 Å². The van der Waals surface area contributed by atoms with Gasteiger partial charge in [0.05, 0.1) is 0 Å². The van der Waals surface area contributed by atoms with Crippen molar-refractivity contribution < 1.29 is 9.53 Å². The highest BCUT2D eigenvalue weighted by molar-refractivity contribution is 5.75. The topological polar surface area (TPSA) is 81.6 Å². The van der Waals surface area contributed by atoms with Crippen LogP contribution in [0.3, 0.4) is 0 Å². The first-order valence-corrected chi connectivity index (χ1v) is 6.60. The van der Waals surface area contributed by atoms with E-state index in [-0.39, 0.29) is 6.61 Å². The summed E-state index contributed by atoms with van der Waals surface area (Å²) in [5, 5.41) is 0. The first-order valence-electron chi connectivity index (χ1n) is 6.60. The van der Waals surface area contributed by atoms with Gasteiger partial charge in [0.1, 0.15) is 5.75 Å². The number of nitrogens with zero attached hydrogens (tertiary/aromatic N) is 1. The highest BCUT2D eigenvalue weighted by atomic mass is 16.5. The minimum Gasteiger partial charge on any atom is -0.484 e. The molecule has 1 heterocycles. The summed E-state index contributed by atoms with van der Waals surface area (Å²) in [7, 11) is 0. The maximum Gasteiger partial charge on any atom is 0.255 e. The van der Waals surface area contributed by atoms with E-state index in [4.69, 9.17) is 16.2 Å². The van der Waals surface area contributed by atoms with Crippen LogP contribution in [0.4, 0.5) is 0 Å². The summed E-state index contributed by atoms with van der Waals surface area (Å²) < 4.78 is 5.22. The average Bonchev–Trinajstić information content (AvgIpc) is 2.85. The summed E-state index contributed by atoms with van der Waals surface area (Å²) >= 11 is 0. The lowest BCUT2D eigenvalue weighted by Crippen LogP contribution is -2.22. The van der Waals surface area contributed by atoms with E-state index in [1.807, 2.05) is 24.3 Å². The smallest absolute Gasteiger partial charge is 0.255 e. The van der Waals surface area contributed by atoms with Crippen molar-refractivity contribution in [2.24, 2.45) is 17.4 Å². The van der Waals surface area contributed by atoms with Crippen LogP contribution in [0.1, 0.15) is 12.0 Å². The van der Waals surface area contributed by atoms with Gasteiger partial charge in [-0.1, -0.05) is 12.1 Å². The number of ether oxygens (including phenoxy) is 1. The highest BCUT2D eigenvalue weighted by Crippen LogP contribution is 2.19. The Balaban J connectivity index is 1.83. The maximum absolute atomic E-state index is 10.6. The number of primary amides is 1. The molecule has 19 heavy (non-hydrogen) atoms. The Labute approximate surface area is 113 Å². The molecule has 1 aromatic rings. The lowest BCUT2D eigenvalue weighted by atomic mass is 10.1. The van der Waals surface area contributed by atoms with Gasteiger partial charge >= 0.3 is 0 Å². The molecule has 1 amide bonds. The summed E-state index contributed by atoms with van der Waals surface area (Å²) in [6.45, 7) is 3.82. The van der Waals surface area contributed by atoms with Gasteiger partial charge < -0.3 is 16.2 Å². The van der Waals surface area contributed by atoms with Gasteiger partial charge in [0.15, 0.2) is 6.61 Å². The Morgan fingerprint density at radius 3 is 2.68 bits per heavy atom. The Bertz CT molecular complexity index is 419. The molecule has 4 N–H and O–H groups in total. The van der Waals surface area contributed by atoms with Crippen LogP contribution in [-0.2, 0) is 11.3 Å². The van der Waals surface area contributed by atoms with Crippen molar-refractivity contribution in [3.63, 3.8) is 0 Å². The third kappa shape index (κ3) is 4.22. The predicted octanol–water partition coefficient (Wildman–Crippen LogP) is 0.331. The molecule has 0 bridgehead atoms. The van der Waals surface area contributed by atoms with Crippen molar-refractivity contribution in [1.29, 1.82) is 0 Å². The molecule has 0 spiro atoms. The van der Waals surface area contributed by atoms with Crippen LogP contribution in [0.15, 0.2) is 24.3 Å². The second kappa shape index (κ2) is 6.54. The lowest BCUT2D eigenvalue weighted by molar-refractivity contribution is -0.119. The van der Waals surface area contributed by atoms with Crippen LogP contribution in [0.5, 0.6) is 5.75 Å². The molecule has 0 aliphatic carbocycles. The van der Waals surface area contributed by atoms with E-state index in [9.17, 15) is 4.79 Å². The second-order valence-corrected chi connectivity index (χ2v) is 5.02. The molecule has 104 valence electrons. The van der Waals surface area contributed by atoms with Crippen molar-refractivity contribution >= 4 is 5.91 Å². The molecule has 2 rings (SSSR count). The highest BCUT2D eigenvalue weighted by Gasteiger charge is 2.20. The number of hydrogen-bond acceptors (Lipinski definition) is 4. The zero-order valence-electron chi connectivity index (χ0n) is 11.0. The molecule has 1 aliphatic rings. The normalized spacial score (nSPS) is 19.5. The fourth-order valence-corrected chi connectivity index (χ4v) is 2.35. The first kappa shape index (κ1) is 13.8. The fraction of sp³-hybridized carbons (Fsp3) is 0.500. The van der Waals surface area contributed by atoms with E-state index in [1.54, 1.807) is 0 Å². The van der Waals surface area contributed by atoms with Crippen molar-refractivity contribution in [3.8, 4) is 5.75 Å². The monoisotopic (exact) mass is 263 g/mol. The molecule has 0 radical (unpaired) electrons. The van der Waals surface area contributed by atoms with Gasteiger partial charge in [-0.15, -0.1) is 0 Å². The Morgan fingerprint density at radius 1 is 1.37 bits per heavy atom. The molecule has 5 nitrogen and oxygen atoms in total.